The number of guanidine groups is 1. The number of aromatic nitrogens is 1. The van der Waals surface area contributed by atoms with E-state index < -0.39 is 0 Å². The molecule has 0 amide bonds. The van der Waals surface area contributed by atoms with Gasteiger partial charge in [-0.05, 0) is 45.6 Å². The standard InChI is InChI=1S/C21H33N5O2S.HI/c1-7-22-21(23-11-10-17-14-29-15(2)25-17)24-13-18(26(3)4)16-8-9-19(27-5)20(12-16)28-6;/h8-9,12,14,18H,7,10-11,13H2,1-6H3,(H2,22,23,24);1H. The molecule has 7 nitrogen and oxygen atoms in total. The number of nitrogens with zero attached hydrogens (tertiary/aromatic N) is 3. The van der Waals surface area contributed by atoms with Gasteiger partial charge < -0.3 is 25.0 Å². The predicted octanol–water partition coefficient (Wildman–Crippen LogP) is 3.49. The van der Waals surface area contributed by atoms with Crippen LogP contribution in [0.3, 0.4) is 0 Å². The average Bonchev–Trinajstić information content (AvgIpc) is 3.12. The molecular weight excluding hydrogens is 513 g/mol. The Labute approximate surface area is 201 Å². The van der Waals surface area contributed by atoms with Crippen LogP contribution in [0, 0.1) is 6.92 Å². The quantitative estimate of drug-likeness (QED) is 0.270. The molecule has 0 saturated carbocycles. The molecule has 0 bridgehead atoms. The Balaban J connectivity index is 0.00000450. The number of likely N-dealkylation sites (N-methyl/N-ethyl adjacent to an activating group) is 1. The van der Waals surface area contributed by atoms with Gasteiger partial charge in [0.25, 0.3) is 0 Å². The number of benzene rings is 1. The van der Waals surface area contributed by atoms with Crippen molar-refractivity contribution in [3.05, 3.63) is 39.8 Å². The first kappa shape index (κ1) is 26.4. The van der Waals surface area contributed by atoms with Crippen LogP contribution in [0.4, 0.5) is 0 Å². The number of thiazole rings is 1. The Kier molecular flexibility index (Phi) is 12.0. The predicted molar refractivity (Wildman–Crippen MR) is 136 cm³/mol. The van der Waals surface area contributed by atoms with Crippen molar-refractivity contribution >= 4 is 41.3 Å². The molecule has 2 N–H and O–H groups in total. The molecule has 168 valence electrons. The molecule has 1 heterocycles. The molecule has 1 unspecified atom stereocenters. The van der Waals surface area contributed by atoms with Crippen LogP contribution in [0.1, 0.15) is 29.2 Å². The van der Waals surface area contributed by atoms with E-state index in [4.69, 9.17) is 14.5 Å². The number of methoxy groups -OCH3 is 2. The highest BCUT2D eigenvalue weighted by Crippen LogP contribution is 2.31. The van der Waals surface area contributed by atoms with Gasteiger partial charge in [0, 0.05) is 24.9 Å². The summed E-state index contributed by atoms with van der Waals surface area (Å²) in [5, 5.41) is 9.94. The topological polar surface area (TPSA) is 71.0 Å². The molecular formula is C21H34IN5O2S. The van der Waals surface area contributed by atoms with Crippen LogP contribution in [0.2, 0.25) is 0 Å². The molecule has 30 heavy (non-hydrogen) atoms. The van der Waals surface area contributed by atoms with E-state index in [-0.39, 0.29) is 30.0 Å². The summed E-state index contributed by atoms with van der Waals surface area (Å²) in [6.07, 6.45) is 0.877. The third-order valence-corrected chi connectivity index (χ3v) is 5.34. The lowest BCUT2D eigenvalue weighted by molar-refractivity contribution is 0.303. The van der Waals surface area contributed by atoms with Crippen molar-refractivity contribution in [2.45, 2.75) is 26.3 Å². The second-order valence-corrected chi connectivity index (χ2v) is 7.91. The fourth-order valence-electron chi connectivity index (χ4n) is 2.98. The Bertz CT molecular complexity index is 797. The van der Waals surface area contributed by atoms with Crippen LogP contribution in [0.5, 0.6) is 11.5 Å². The molecule has 1 aromatic heterocycles. The summed E-state index contributed by atoms with van der Waals surface area (Å²) in [5.41, 5.74) is 2.25. The summed E-state index contributed by atoms with van der Waals surface area (Å²) in [7, 11) is 7.41. The zero-order valence-corrected chi connectivity index (χ0v) is 21.8. The SMILES string of the molecule is CCNC(=NCC(c1ccc(OC)c(OC)c1)N(C)C)NCCc1csc(C)n1.I. The van der Waals surface area contributed by atoms with E-state index in [1.807, 2.05) is 19.1 Å². The van der Waals surface area contributed by atoms with Gasteiger partial charge in [-0.15, -0.1) is 35.3 Å². The van der Waals surface area contributed by atoms with E-state index in [0.717, 1.165) is 53.2 Å². The number of aliphatic imine (C=N–C) groups is 1. The Morgan fingerprint density at radius 3 is 2.50 bits per heavy atom. The minimum Gasteiger partial charge on any atom is -0.493 e. The summed E-state index contributed by atoms with van der Waals surface area (Å²) in [6.45, 7) is 6.32. The summed E-state index contributed by atoms with van der Waals surface area (Å²) >= 11 is 1.68. The first-order valence-electron chi connectivity index (χ1n) is 9.80. The molecule has 9 heteroatoms. The summed E-state index contributed by atoms with van der Waals surface area (Å²) in [4.78, 5) is 11.5. The van der Waals surface area contributed by atoms with Crippen LogP contribution in [-0.2, 0) is 6.42 Å². The molecule has 0 aliphatic heterocycles. The second kappa shape index (κ2) is 13.7. The maximum atomic E-state index is 5.46. The highest BCUT2D eigenvalue weighted by atomic mass is 127. The third-order valence-electron chi connectivity index (χ3n) is 4.52. The maximum absolute atomic E-state index is 5.46. The first-order valence-corrected chi connectivity index (χ1v) is 10.7. The fourth-order valence-corrected chi connectivity index (χ4v) is 3.63. The van der Waals surface area contributed by atoms with Crippen LogP contribution in [0.25, 0.3) is 0 Å². The molecule has 0 fully saturated rings. The minimum atomic E-state index is 0. The lowest BCUT2D eigenvalue weighted by Gasteiger charge is -2.24. The van der Waals surface area contributed by atoms with Crippen LogP contribution >= 0.6 is 35.3 Å². The molecule has 0 spiro atoms. The van der Waals surface area contributed by atoms with Crippen molar-refractivity contribution in [3.63, 3.8) is 0 Å². The maximum Gasteiger partial charge on any atom is 0.191 e. The van der Waals surface area contributed by atoms with E-state index in [2.05, 4.69) is 53.0 Å². The number of rotatable bonds is 10. The number of ether oxygens (including phenoxy) is 2. The van der Waals surface area contributed by atoms with Gasteiger partial charge in [0.2, 0.25) is 0 Å². The summed E-state index contributed by atoms with van der Waals surface area (Å²) < 4.78 is 10.8. The van der Waals surface area contributed by atoms with Gasteiger partial charge in [0.05, 0.1) is 37.5 Å². The van der Waals surface area contributed by atoms with Gasteiger partial charge in [-0.25, -0.2) is 4.98 Å². The van der Waals surface area contributed by atoms with Gasteiger partial charge in [-0.3, -0.25) is 4.99 Å². The lowest BCUT2D eigenvalue weighted by Crippen LogP contribution is -2.39. The smallest absolute Gasteiger partial charge is 0.191 e. The van der Waals surface area contributed by atoms with Crippen LogP contribution < -0.4 is 20.1 Å². The van der Waals surface area contributed by atoms with E-state index >= 15 is 0 Å². The molecule has 0 aliphatic rings. The summed E-state index contributed by atoms with van der Waals surface area (Å²) in [5.74, 6) is 2.26. The number of aryl methyl sites for hydroxylation is 1. The van der Waals surface area contributed by atoms with Gasteiger partial charge in [-0.2, -0.15) is 0 Å². The number of hydrogen-bond donors (Lipinski definition) is 2. The van der Waals surface area contributed by atoms with Gasteiger partial charge in [-0.1, -0.05) is 6.07 Å². The van der Waals surface area contributed by atoms with Gasteiger partial charge in [0.1, 0.15) is 0 Å². The fraction of sp³-hybridized carbons (Fsp3) is 0.524. The largest absolute Gasteiger partial charge is 0.493 e. The highest BCUT2D eigenvalue weighted by Gasteiger charge is 2.16. The van der Waals surface area contributed by atoms with Crippen molar-refractivity contribution in [2.75, 3.05) is 47.9 Å². The van der Waals surface area contributed by atoms with Crippen molar-refractivity contribution < 1.29 is 9.47 Å². The van der Waals surface area contributed by atoms with Crippen molar-refractivity contribution in [1.82, 2.24) is 20.5 Å². The Hall–Kier alpha value is -1.59. The van der Waals surface area contributed by atoms with Crippen molar-refractivity contribution in [1.29, 1.82) is 0 Å². The molecule has 2 rings (SSSR count). The molecule has 0 saturated heterocycles. The Morgan fingerprint density at radius 2 is 1.93 bits per heavy atom. The first-order chi connectivity index (χ1) is 14.0. The zero-order chi connectivity index (χ0) is 21.2. The zero-order valence-electron chi connectivity index (χ0n) is 18.7. The van der Waals surface area contributed by atoms with E-state index in [1.54, 1.807) is 25.6 Å². The Morgan fingerprint density at radius 1 is 1.20 bits per heavy atom. The molecule has 0 radical (unpaired) electrons. The van der Waals surface area contributed by atoms with Crippen molar-refractivity contribution in [3.8, 4) is 11.5 Å². The number of nitrogens with one attached hydrogen (secondary N) is 2. The normalized spacial score (nSPS) is 12.3. The monoisotopic (exact) mass is 547 g/mol. The lowest BCUT2D eigenvalue weighted by atomic mass is 10.1. The minimum absolute atomic E-state index is 0. The van der Waals surface area contributed by atoms with E-state index in [1.165, 1.54) is 0 Å². The van der Waals surface area contributed by atoms with Crippen LogP contribution in [0.15, 0.2) is 28.6 Å². The average molecular weight is 548 g/mol. The third kappa shape index (κ3) is 7.92. The van der Waals surface area contributed by atoms with Gasteiger partial charge in [0.15, 0.2) is 17.5 Å². The molecule has 1 atom stereocenters. The van der Waals surface area contributed by atoms with Crippen LogP contribution in [-0.4, -0.2) is 63.8 Å². The molecule has 0 aliphatic carbocycles. The van der Waals surface area contributed by atoms with Crippen molar-refractivity contribution in [2.24, 2.45) is 4.99 Å². The number of halogens is 1. The second-order valence-electron chi connectivity index (χ2n) is 6.85. The van der Waals surface area contributed by atoms with Gasteiger partial charge >= 0.3 is 0 Å². The highest BCUT2D eigenvalue weighted by molar-refractivity contribution is 14.0. The number of hydrogen-bond acceptors (Lipinski definition) is 6. The molecule has 1 aromatic carbocycles. The molecule has 2 aromatic rings. The van der Waals surface area contributed by atoms with E-state index in [9.17, 15) is 0 Å². The van der Waals surface area contributed by atoms with E-state index in [0.29, 0.717) is 6.54 Å². The summed E-state index contributed by atoms with van der Waals surface area (Å²) in [6, 6.07) is 6.14.